The largest absolute Gasteiger partial charge is 0.305 e. The first-order chi connectivity index (χ1) is 4.81. The van der Waals surface area contributed by atoms with Crippen LogP contribution in [0, 0.1) is 0 Å². The van der Waals surface area contributed by atoms with Crippen LogP contribution in [-0.2, 0) is 4.84 Å². The van der Waals surface area contributed by atoms with Crippen LogP contribution in [0.5, 0.6) is 0 Å². The molecule has 2 N–H and O–H groups in total. The third-order valence-electron chi connectivity index (χ3n) is 1.20. The summed E-state index contributed by atoms with van der Waals surface area (Å²) in [5, 5.41) is 1.01. The van der Waals surface area contributed by atoms with Crippen LogP contribution in [0.2, 0.25) is 0 Å². The highest BCUT2D eigenvalue weighted by Gasteiger charge is 1.99. The average molecular weight is 275 g/mol. The fourth-order valence-electron chi connectivity index (χ4n) is 0.628. The van der Waals surface area contributed by atoms with Gasteiger partial charge in [-0.1, -0.05) is 31.9 Å². The summed E-state index contributed by atoms with van der Waals surface area (Å²) >= 11 is 6.89. The van der Waals surface area contributed by atoms with Gasteiger partial charge in [-0.3, -0.25) is 0 Å². The third kappa shape index (κ3) is 6.99. The molecular formula is C6H13Br2NO. The number of nitrogens with two attached hydrogens (primary N) is 1. The topological polar surface area (TPSA) is 35.2 Å². The Kier molecular flexibility index (Phi) is 8.68. The molecule has 0 amide bonds. The smallest absolute Gasteiger partial charge is 0.0679 e. The lowest BCUT2D eigenvalue weighted by molar-refractivity contribution is 0.133. The lowest BCUT2D eigenvalue weighted by atomic mass is 10.2. The van der Waals surface area contributed by atoms with Crippen LogP contribution in [0.25, 0.3) is 0 Å². The van der Waals surface area contributed by atoms with Gasteiger partial charge in [0.1, 0.15) is 0 Å². The van der Waals surface area contributed by atoms with Gasteiger partial charge in [0.15, 0.2) is 0 Å². The van der Waals surface area contributed by atoms with E-state index in [1.54, 1.807) is 0 Å². The highest BCUT2D eigenvalue weighted by atomic mass is 79.9. The Bertz CT molecular complexity index is 72.8. The number of unbranched alkanes of at least 4 members (excludes halogenated alkanes) is 1. The monoisotopic (exact) mass is 273 g/mol. The highest BCUT2D eigenvalue weighted by Crippen LogP contribution is 2.11. The minimum absolute atomic E-state index is 0.588. The lowest BCUT2D eigenvalue weighted by Gasteiger charge is -2.03. The Morgan fingerprint density at radius 2 is 2.10 bits per heavy atom. The minimum atomic E-state index is 0.588. The van der Waals surface area contributed by atoms with Gasteiger partial charge in [-0.25, -0.2) is 5.90 Å². The van der Waals surface area contributed by atoms with E-state index in [4.69, 9.17) is 5.90 Å². The molecule has 0 saturated heterocycles. The molecule has 0 aliphatic rings. The average Bonchev–Trinajstić information content (AvgIpc) is 1.98. The highest BCUT2D eigenvalue weighted by molar-refractivity contribution is 9.12. The summed E-state index contributed by atoms with van der Waals surface area (Å²) in [5.74, 6) is 4.86. The molecule has 0 aromatic carbocycles. The fraction of sp³-hybridized carbons (Fsp3) is 1.00. The van der Waals surface area contributed by atoms with Crippen LogP contribution in [0.15, 0.2) is 0 Å². The molecule has 0 aromatic rings. The van der Waals surface area contributed by atoms with Crippen molar-refractivity contribution in [2.75, 3.05) is 11.9 Å². The van der Waals surface area contributed by atoms with Gasteiger partial charge >= 0.3 is 0 Å². The fourth-order valence-corrected chi connectivity index (χ4v) is 1.28. The lowest BCUT2D eigenvalue weighted by Crippen LogP contribution is -2.03. The van der Waals surface area contributed by atoms with Gasteiger partial charge in [-0.2, -0.15) is 0 Å². The van der Waals surface area contributed by atoms with E-state index in [0.29, 0.717) is 11.4 Å². The van der Waals surface area contributed by atoms with Crippen LogP contribution in [0.4, 0.5) is 0 Å². The number of halogens is 2. The van der Waals surface area contributed by atoms with Gasteiger partial charge in [0.2, 0.25) is 0 Å². The molecule has 1 atom stereocenters. The van der Waals surface area contributed by atoms with Gasteiger partial charge in [-0.05, 0) is 19.3 Å². The summed E-state index contributed by atoms with van der Waals surface area (Å²) in [6, 6.07) is 0. The van der Waals surface area contributed by atoms with Crippen molar-refractivity contribution in [2.24, 2.45) is 5.90 Å². The summed E-state index contributed by atoms with van der Waals surface area (Å²) in [4.78, 5) is 5.02. The third-order valence-corrected chi connectivity index (χ3v) is 3.63. The first-order valence-electron chi connectivity index (χ1n) is 3.33. The van der Waals surface area contributed by atoms with Crippen molar-refractivity contribution < 1.29 is 4.84 Å². The second-order valence-electron chi connectivity index (χ2n) is 2.12. The molecule has 4 heteroatoms. The molecule has 0 radical (unpaired) electrons. The molecule has 0 bridgehead atoms. The predicted octanol–water partition coefficient (Wildman–Crippen LogP) is 2.21. The van der Waals surface area contributed by atoms with Crippen molar-refractivity contribution in [1.82, 2.24) is 0 Å². The van der Waals surface area contributed by atoms with Gasteiger partial charge in [0.25, 0.3) is 0 Å². The van der Waals surface area contributed by atoms with E-state index in [1.165, 1.54) is 12.8 Å². The SMILES string of the molecule is NOCCCCC(Br)CBr. The van der Waals surface area contributed by atoms with E-state index in [0.717, 1.165) is 11.8 Å². The summed E-state index contributed by atoms with van der Waals surface area (Å²) in [6.45, 7) is 0.669. The van der Waals surface area contributed by atoms with Crippen molar-refractivity contribution in [3.05, 3.63) is 0 Å². The Balaban J connectivity index is 2.89. The molecule has 0 fully saturated rings. The maximum Gasteiger partial charge on any atom is 0.0679 e. The Morgan fingerprint density at radius 3 is 2.60 bits per heavy atom. The quantitative estimate of drug-likeness (QED) is 0.458. The zero-order valence-corrected chi connectivity index (χ0v) is 9.03. The minimum Gasteiger partial charge on any atom is -0.305 e. The zero-order chi connectivity index (χ0) is 7.82. The first kappa shape index (κ1) is 10.9. The molecule has 62 valence electrons. The van der Waals surface area contributed by atoms with E-state index in [2.05, 4.69) is 36.7 Å². The van der Waals surface area contributed by atoms with E-state index in [-0.39, 0.29) is 0 Å². The van der Waals surface area contributed by atoms with Gasteiger partial charge in [-0.15, -0.1) is 0 Å². The normalized spacial score (nSPS) is 13.5. The molecule has 0 aliphatic carbocycles. The molecule has 10 heavy (non-hydrogen) atoms. The number of rotatable bonds is 6. The van der Waals surface area contributed by atoms with Crippen molar-refractivity contribution in [2.45, 2.75) is 24.1 Å². The molecule has 0 aliphatic heterocycles. The summed E-state index contributed by atoms with van der Waals surface area (Å²) in [5.41, 5.74) is 0. The molecule has 2 nitrogen and oxygen atoms in total. The van der Waals surface area contributed by atoms with E-state index in [1.807, 2.05) is 0 Å². The Labute approximate surface area is 78.7 Å². The van der Waals surface area contributed by atoms with Crippen molar-refractivity contribution in [3.63, 3.8) is 0 Å². The zero-order valence-electron chi connectivity index (χ0n) is 5.85. The van der Waals surface area contributed by atoms with Gasteiger partial charge in [0, 0.05) is 10.2 Å². The van der Waals surface area contributed by atoms with E-state index >= 15 is 0 Å². The second kappa shape index (κ2) is 7.98. The van der Waals surface area contributed by atoms with Gasteiger partial charge < -0.3 is 4.84 Å². The number of alkyl halides is 2. The molecule has 0 saturated carbocycles. The van der Waals surface area contributed by atoms with Crippen LogP contribution >= 0.6 is 31.9 Å². The number of hydrogen-bond donors (Lipinski definition) is 1. The predicted molar refractivity (Wildman–Crippen MR) is 50.5 cm³/mol. The van der Waals surface area contributed by atoms with E-state index < -0.39 is 0 Å². The second-order valence-corrected chi connectivity index (χ2v) is 4.06. The summed E-state index contributed by atoms with van der Waals surface area (Å²) in [7, 11) is 0. The molecular weight excluding hydrogens is 262 g/mol. The molecule has 0 spiro atoms. The molecule has 0 rings (SSSR count). The Morgan fingerprint density at radius 1 is 1.40 bits per heavy atom. The maximum atomic E-state index is 4.86. The van der Waals surface area contributed by atoms with Crippen molar-refractivity contribution in [1.29, 1.82) is 0 Å². The van der Waals surface area contributed by atoms with Crippen LogP contribution in [0.3, 0.4) is 0 Å². The van der Waals surface area contributed by atoms with Crippen molar-refractivity contribution >= 4 is 31.9 Å². The summed E-state index contributed by atoms with van der Waals surface area (Å²) < 4.78 is 0. The van der Waals surface area contributed by atoms with Crippen LogP contribution < -0.4 is 5.90 Å². The number of hydrogen-bond acceptors (Lipinski definition) is 2. The van der Waals surface area contributed by atoms with Crippen LogP contribution in [-0.4, -0.2) is 16.8 Å². The first-order valence-corrected chi connectivity index (χ1v) is 5.36. The maximum absolute atomic E-state index is 4.86. The molecule has 0 heterocycles. The molecule has 0 aromatic heterocycles. The van der Waals surface area contributed by atoms with Crippen LogP contribution in [0.1, 0.15) is 19.3 Å². The standard InChI is InChI=1S/C6H13Br2NO/c7-5-6(8)3-1-2-4-10-9/h6H,1-5,9H2. The molecule has 1 unspecified atom stereocenters. The van der Waals surface area contributed by atoms with Crippen molar-refractivity contribution in [3.8, 4) is 0 Å². The Hall–Kier alpha value is 0.880. The van der Waals surface area contributed by atoms with E-state index in [9.17, 15) is 0 Å². The van der Waals surface area contributed by atoms with Gasteiger partial charge in [0.05, 0.1) is 6.61 Å². The summed E-state index contributed by atoms with van der Waals surface area (Å²) in [6.07, 6.45) is 3.39.